The number of alkyl halides is 3. The highest BCUT2D eigenvalue weighted by atomic mass is 19.4. The fourth-order valence-corrected chi connectivity index (χ4v) is 3.88. The fraction of sp³-hybridized carbons (Fsp3) is 0.526. The van der Waals surface area contributed by atoms with Gasteiger partial charge in [0.15, 0.2) is 0 Å². The smallest absolute Gasteiger partial charge is 0.353 e. The Bertz CT molecular complexity index is 812. The molecule has 0 bridgehead atoms. The van der Waals surface area contributed by atoms with E-state index < -0.39 is 36.5 Å². The van der Waals surface area contributed by atoms with Crippen LogP contribution in [0.2, 0.25) is 0 Å². The molecular weight excluding hydrogens is 389 g/mol. The van der Waals surface area contributed by atoms with Gasteiger partial charge in [-0.1, -0.05) is 26.0 Å². The Balaban J connectivity index is 1.97. The molecule has 29 heavy (non-hydrogen) atoms. The number of benzene rings is 1. The number of nitrogens with one attached hydrogen (secondary N) is 2. The number of nitrogens with zero attached hydrogens (tertiary/aromatic N) is 2. The number of piperazine rings is 1. The summed E-state index contributed by atoms with van der Waals surface area (Å²) in [4.78, 5) is 39.6. The molecule has 3 amide bonds. The molecule has 0 aliphatic carbocycles. The number of amides is 3. The summed E-state index contributed by atoms with van der Waals surface area (Å²) < 4.78 is 41.4. The van der Waals surface area contributed by atoms with E-state index in [-0.39, 0.29) is 29.7 Å². The molecule has 2 unspecified atom stereocenters. The number of anilines is 2. The minimum absolute atomic E-state index is 0.00627. The Morgan fingerprint density at radius 3 is 2.59 bits per heavy atom. The van der Waals surface area contributed by atoms with E-state index in [1.807, 2.05) is 13.8 Å². The number of halogens is 3. The Labute approximate surface area is 166 Å². The highest BCUT2D eigenvalue weighted by molar-refractivity contribution is 6.05. The average molecular weight is 412 g/mol. The number of para-hydroxylation sites is 2. The average Bonchev–Trinajstić information content (AvgIpc) is 2.76. The standard InChI is InChI=1S/C19H23F3N4O3/c1-11(2)17-18(29)23-7-8-25(17)10-16(28)26-13-6-4-3-5-12(13)24-15(27)9-14(26)19(20,21)22/h3-6,11,14,17H,7-10H2,1-2H3,(H,23,29)(H,24,27). The van der Waals surface area contributed by atoms with E-state index >= 15 is 0 Å². The molecular formula is C19H23F3N4O3. The van der Waals surface area contributed by atoms with Crippen molar-refractivity contribution in [1.29, 1.82) is 0 Å². The van der Waals surface area contributed by atoms with Gasteiger partial charge in [0.1, 0.15) is 6.04 Å². The quantitative estimate of drug-likeness (QED) is 0.793. The van der Waals surface area contributed by atoms with Gasteiger partial charge in [0.2, 0.25) is 17.7 Å². The van der Waals surface area contributed by atoms with E-state index in [0.29, 0.717) is 18.0 Å². The molecule has 0 spiro atoms. The van der Waals surface area contributed by atoms with Crippen LogP contribution in [0.3, 0.4) is 0 Å². The lowest BCUT2D eigenvalue weighted by Crippen LogP contribution is -2.60. The van der Waals surface area contributed by atoms with Crippen LogP contribution in [0.5, 0.6) is 0 Å². The zero-order valence-corrected chi connectivity index (χ0v) is 16.1. The number of carbonyl (C=O) groups is 3. The van der Waals surface area contributed by atoms with Gasteiger partial charge >= 0.3 is 6.18 Å². The van der Waals surface area contributed by atoms with Crippen LogP contribution in [0, 0.1) is 5.92 Å². The molecule has 7 nitrogen and oxygen atoms in total. The van der Waals surface area contributed by atoms with Crippen LogP contribution in [0.4, 0.5) is 24.5 Å². The predicted octanol–water partition coefficient (Wildman–Crippen LogP) is 1.75. The van der Waals surface area contributed by atoms with Crippen LogP contribution < -0.4 is 15.5 Å². The first-order chi connectivity index (χ1) is 13.6. The van der Waals surface area contributed by atoms with Crippen molar-refractivity contribution >= 4 is 29.1 Å². The zero-order chi connectivity index (χ0) is 21.3. The van der Waals surface area contributed by atoms with Gasteiger partial charge in [-0.05, 0) is 18.1 Å². The molecule has 1 aromatic carbocycles. The Kier molecular flexibility index (Phi) is 5.83. The van der Waals surface area contributed by atoms with Crippen LogP contribution >= 0.6 is 0 Å². The molecule has 2 N–H and O–H groups in total. The summed E-state index contributed by atoms with van der Waals surface area (Å²) in [6, 6.07) is 3.01. The van der Waals surface area contributed by atoms with Gasteiger partial charge in [-0.2, -0.15) is 13.2 Å². The number of hydrogen-bond acceptors (Lipinski definition) is 4. The second kappa shape index (κ2) is 8.02. The Morgan fingerprint density at radius 2 is 1.93 bits per heavy atom. The maximum atomic E-state index is 13.8. The Morgan fingerprint density at radius 1 is 1.24 bits per heavy atom. The third-order valence-corrected chi connectivity index (χ3v) is 5.10. The lowest BCUT2D eigenvalue weighted by Gasteiger charge is -2.39. The maximum Gasteiger partial charge on any atom is 0.409 e. The van der Waals surface area contributed by atoms with Crippen LogP contribution in [0.15, 0.2) is 24.3 Å². The topological polar surface area (TPSA) is 81.8 Å². The van der Waals surface area contributed by atoms with Crippen molar-refractivity contribution in [3.8, 4) is 0 Å². The van der Waals surface area contributed by atoms with Gasteiger partial charge in [-0.3, -0.25) is 24.2 Å². The van der Waals surface area contributed by atoms with E-state index in [1.54, 1.807) is 11.0 Å². The predicted molar refractivity (Wildman–Crippen MR) is 100 cm³/mol. The number of carbonyl (C=O) groups excluding carboxylic acids is 3. The van der Waals surface area contributed by atoms with Gasteiger partial charge in [0.05, 0.1) is 30.4 Å². The maximum absolute atomic E-state index is 13.8. The van der Waals surface area contributed by atoms with Gasteiger partial charge in [-0.15, -0.1) is 0 Å². The second-order valence-corrected chi connectivity index (χ2v) is 7.54. The van der Waals surface area contributed by atoms with Crippen molar-refractivity contribution in [3.05, 3.63) is 24.3 Å². The molecule has 0 saturated carbocycles. The van der Waals surface area contributed by atoms with E-state index in [2.05, 4.69) is 10.6 Å². The molecule has 0 aromatic heterocycles. The monoisotopic (exact) mass is 412 g/mol. The largest absolute Gasteiger partial charge is 0.409 e. The van der Waals surface area contributed by atoms with E-state index in [0.717, 1.165) is 0 Å². The van der Waals surface area contributed by atoms with Crippen molar-refractivity contribution in [1.82, 2.24) is 10.2 Å². The molecule has 1 saturated heterocycles. The summed E-state index contributed by atoms with van der Waals surface area (Å²) in [5, 5.41) is 5.16. The Hall–Kier alpha value is -2.62. The molecule has 2 heterocycles. The first kappa shape index (κ1) is 21.1. The summed E-state index contributed by atoms with van der Waals surface area (Å²) >= 11 is 0. The van der Waals surface area contributed by atoms with E-state index in [1.165, 1.54) is 18.2 Å². The number of fused-ring (bicyclic) bond motifs is 1. The second-order valence-electron chi connectivity index (χ2n) is 7.54. The third-order valence-electron chi connectivity index (χ3n) is 5.10. The van der Waals surface area contributed by atoms with Crippen molar-refractivity contribution in [2.45, 2.75) is 38.5 Å². The summed E-state index contributed by atoms with van der Waals surface area (Å²) in [5.41, 5.74) is 0.141. The normalized spacial score (nSPS) is 23.3. The van der Waals surface area contributed by atoms with Crippen LogP contribution in [-0.4, -0.2) is 60.5 Å². The number of hydrogen-bond donors (Lipinski definition) is 2. The molecule has 1 aromatic rings. The zero-order valence-electron chi connectivity index (χ0n) is 16.1. The summed E-state index contributed by atoms with van der Waals surface area (Å²) in [6.07, 6.45) is -5.68. The van der Waals surface area contributed by atoms with Gasteiger partial charge in [-0.25, -0.2) is 0 Å². The molecule has 10 heteroatoms. The summed E-state index contributed by atoms with van der Waals surface area (Å²) in [5.74, 6) is -2.00. The first-order valence-corrected chi connectivity index (χ1v) is 9.39. The molecule has 158 valence electrons. The lowest BCUT2D eigenvalue weighted by atomic mass is 9.99. The highest BCUT2D eigenvalue weighted by Crippen LogP contribution is 2.37. The minimum Gasteiger partial charge on any atom is -0.353 e. The summed E-state index contributed by atoms with van der Waals surface area (Å²) in [6.45, 7) is 3.94. The molecule has 1 fully saturated rings. The third kappa shape index (κ3) is 4.36. The molecule has 2 aliphatic heterocycles. The molecule has 3 rings (SSSR count). The lowest BCUT2D eigenvalue weighted by molar-refractivity contribution is -0.158. The van der Waals surface area contributed by atoms with Crippen LogP contribution in [0.1, 0.15) is 20.3 Å². The van der Waals surface area contributed by atoms with E-state index in [4.69, 9.17) is 0 Å². The van der Waals surface area contributed by atoms with Gasteiger partial charge in [0.25, 0.3) is 0 Å². The van der Waals surface area contributed by atoms with Crippen LogP contribution in [-0.2, 0) is 14.4 Å². The van der Waals surface area contributed by atoms with Crippen molar-refractivity contribution in [3.63, 3.8) is 0 Å². The SMILES string of the molecule is CC(C)C1C(=O)NCCN1CC(=O)N1c2ccccc2NC(=O)CC1C(F)(F)F. The molecule has 2 atom stereocenters. The van der Waals surface area contributed by atoms with Gasteiger partial charge in [0, 0.05) is 13.1 Å². The highest BCUT2D eigenvalue weighted by Gasteiger charge is 2.49. The van der Waals surface area contributed by atoms with Crippen molar-refractivity contribution in [2.75, 3.05) is 29.9 Å². The number of rotatable bonds is 3. The molecule has 2 aliphatic rings. The minimum atomic E-state index is -4.79. The van der Waals surface area contributed by atoms with E-state index in [9.17, 15) is 27.6 Å². The first-order valence-electron chi connectivity index (χ1n) is 9.39. The van der Waals surface area contributed by atoms with Gasteiger partial charge < -0.3 is 10.6 Å². The molecule has 0 radical (unpaired) electrons. The van der Waals surface area contributed by atoms with Crippen molar-refractivity contribution < 1.29 is 27.6 Å². The van der Waals surface area contributed by atoms with Crippen LogP contribution in [0.25, 0.3) is 0 Å². The van der Waals surface area contributed by atoms with Crippen molar-refractivity contribution in [2.24, 2.45) is 5.92 Å². The fourth-order valence-electron chi connectivity index (χ4n) is 3.88. The summed E-state index contributed by atoms with van der Waals surface area (Å²) in [7, 11) is 0.